The fourth-order valence-electron chi connectivity index (χ4n) is 3.00. The summed E-state index contributed by atoms with van der Waals surface area (Å²) in [5, 5.41) is 11.2. The van der Waals surface area contributed by atoms with E-state index in [-0.39, 0.29) is 16.9 Å². The molecule has 30 heavy (non-hydrogen) atoms. The number of amidine groups is 1. The largest absolute Gasteiger partial charge is 0.453 e. The number of hydrogen-bond acceptors (Lipinski definition) is 6. The second kappa shape index (κ2) is 7.98. The molecule has 1 amide bonds. The van der Waals surface area contributed by atoms with Crippen LogP contribution in [0.3, 0.4) is 0 Å². The maximum absolute atomic E-state index is 14.9. The van der Waals surface area contributed by atoms with Gasteiger partial charge in [-0.3, -0.25) is 4.79 Å². The van der Waals surface area contributed by atoms with Gasteiger partial charge in [-0.25, -0.2) is 27.5 Å². The van der Waals surface area contributed by atoms with Crippen molar-refractivity contribution in [2.45, 2.75) is 31.2 Å². The molecule has 11 heteroatoms. The third-order valence-corrected chi connectivity index (χ3v) is 4.57. The van der Waals surface area contributed by atoms with E-state index in [9.17, 15) is 22.4 Å². The summed E-state index contributed by atoms with van der Waals surface area (Å²) in [7, 11) is 0. The van der Waals surface area contributed by atoms with Crippen LogP contribution in [-0.2, 0) is 10.3 Å². The van der Waals surface area contributed by atoms with Gasteiger partial charge in [-0.15, -0.1) is 0 Å². The van der Waals surface area contributed by atoms with Crippen LogP contribution >= 0.6 is 0 Å². The van der Waals surface area contributed by atoms with Crippen LogP contribution in [0, 0.1) is 17.1 Å². The third-order valence-electron chi connectivity index (χ3n) is 4.57. The number of pyridine rings is 1. The smallest absolute Gasteiger partial charge is 0.283 e. The average molecular weight is 421 g/mol. The molecule has 0 saturated heterocycles. The lowest BCUT2D eigenvalue weighted by molar-refractivity contribution is -0.0741. The number of nitriles is 1. The van der Waals surface area contributed by atoms with Gasteiger partial charge in [0.05, 0.1) is 5.56 Å². The number of benzene rings is 1. The van der Waals surface area contributed by atoms with Gasteiger partial charge in [0.2, 0.25) is 0 Å². The van der Waals surface area contributed by atoms with Crippen LogP contribution in [0.15, 0.2) is 41.5 Å². The summed E-state index contributed by atoms with van der Waals surface area (Å²) in [5.41, 5.74) is 3.18. The molecule has 3 atom stereocenters. The van der Waals surface area contributed by atoms with Crippen molar-refractivity contribution in [1.29, 1.82) is 5.26 Å². The van der Waals surface area contributed by atoms with Gasteiger partial charge in [0.15, 0.2) is 12.3 Å². The van der Waals surface area contributed by atoms with Crippen LogP contribution in [0.4, 0.5) is 23.2 Å². The molecule has 1 aromatic heterocycles. The normalized spacial score (nSPS) is 23.3. The van der Waals surface area contributed by atoms with Crippen molar-refractivity contribution in [3.05, 3.63) is 59.2 Å². The van der Waals surface area contributed by atoms with Crippen molar-refractivity contribution >= 4 is 17.6 Å². The Morgan fingerprint density at radius 1 is 1.37 bits per heavy atom. The summed E-state index contributed by atoms with van der Waals surface area (Å²) in [4.78, 5) is 19.9. The summed E-state index contributed by atoms with van der Waals surface area (Å²) in [6.45, 7) is 1.11. The molecule has 0 spiro atoms. The highest BCUT2D eigenvalue weighted by molar-refractivity contribution is 6.02. The van der Waals surface area contributed by atoms with E-state index in [0.29, 0.717) is 0 Å². The van der Waals surface area contributed by atoms with Crippen molar-refractivity contribution in [1.82, 2.24) is 4.98 Å². The maximum Gasteiger partial charge on any atom is 0.283 e. The van der Waals surface area contributed by atoms with Gasteiger partial charge in [0.1, 0.15) is 23.1 Å². The minimum absolute atomic E-state index is 0.0273. The summed E-state index contributed by atoms with van der Waals surface area (Å²) in [6.07, 6.45) is -6.66. The Balaban J connectivity index is 1.94. The van der Waals surface area contributed by atoms with E-state index in [0.717, 1.165) is 19.1 Å². The number of aromatic nitrogens is 1. The number of nitrogens with one attached hydrogen (secondary N) is 1. The summed E-state index contributed by atoms with van der Waals surface area (Å²) in [6, 6.07) is 7.07. The topological polar surface area (TPSA) is 113 Å². The van der Waals surface area contributed by atoms with Crippen molar-refractivity contribution in [3.63, 3.8) is 0 Å². The Bertz CT molecular complexity index is 1040. The van der Waals surface area contributed by atoms with Crippen LogP contribution in [0.1, 0.15) is 28.5 Å². The van der Waals surface area contributed by atoms with Gasteiger partial charge >= 0.3 is 0 Å². The summed E-state index contributed by atoms with van der Waals surface area (Å²) >= 11 is 0. The van der Waals surface area contributed by atoms with E-state index in [2.05, 4.69) is 20.0 Å². The van der Waals surface area contributed by atoms with Crippen LogP contribution in [-0.4, -0.2) is 35.6 Å². The number of hydrogen-bond donors (Lipinski definition) is 2. The lowest BCUT2D eigenvalue weighted by Gasteiger charge is -2.38. The predicted molar refractivity (Wildman–Crippen MR) is 98.1 cm³/mol. The van der Waals surface area contributed by atoms with Gasteiger partial charge < -0.3 is 15.8 Å². The Hall–Kier alpha value is -3.68. The number of ether oxygens (including phenoxy) is 1. The first-order valence-corrected chi connectivity index (χ1v) is 8.57. The van der Waals surface area contributed by atoms with Gasteiger partial charge in [0.25, 0.3) is 18.4 Å². The minimum atomic E-state index is -3.22. The first-order chi connectivity index (χ1) is 14.2. The van der Waals surface area contributed by atoms with E-state index in [1.54, 1.807) is 0 Å². The number of rotatable bonds is 4. The molecule has 1 aliphatic rings. The zero-order chi connectivity index (χ0) is 22.1. The van der Waals surface area contributed by atoms with Crippen LogP contribution < -0.4 is 11.1 Å². The molecule has 0 aliphatic carbocycles. The predicted octanol–water partition coefficient (Wildman–Crippen LogP) is 2.88. The number of aliphatic imine (C=N–C) groups is 1. The molecular weight excluding hydrogens is 406 g/mol. The number of amides is 1. The summed E-state index contributed by atoms with van der Waals surface area (Å²) < 4.78 is 60.2. The van der Waals surface area contributed by atoms with Crippen molar-refractivity contribution in [2.24, 2.45) is 10.7 Å². The molecule has 1 aliphatic heterocycles. The number of anilines is 1. The standard InChI is InChI=1S/C19H15F4N5O2/c1-19(15(21)14(16(22)23)30-18(25)28-19)11-6-10(3-4-12(11)20)27-17(29)13-5-2-9(7-24)8-26-13/h2-6,8,14-16H,1H3,(H2,25,28)(H,27,29)/t14-,15-,19+/m0/s1. The monoisotopic (exact) mass is 421 g/mol. The number of halogens is 4. The second-order valence-corrected chi connectivity index (χ2v) is 6.61. The average Bonchev–Trinajstić information content (AvgIpc) is 2.71. The number of carbonyl (C=O) groups excluding carboxylic acids is 1. The highest BCUT2D eigenvalue weighted by atomic mass is 19.3. The first-order valence-electron chi connectivity index (χ1n) is 8.57. The molecule has 0 bridgehead atoms. The molecular formula is C19H15F4N5O2. The Labute approximate surface area is 168 Å². The van der Waals surface area contributed by atoms with E-state index < -0.39 is 47.5 Å². The van der Waals surface area contributed by atoms with E-state index >= 15 is 0 Å². The summed E-state index contributed by atoms with van der Waals surface area (Å²) in [5.74, 6) is -1.61. The minimum Gasteiger partial charge on any atom is -0.453 e. The zero-order valence-corrected chi connectivity index (χ0v) is 15.4. The van der Waals surface area contributed by atoms with E-state index in [4.69, 9.17) is 11.0 Å². The van der Waals surface area contributed by atoms with Crippen LogP contribution in [0.2, 0.25) is 0 Å². The zero-order valence-electron chi connectivity index (χ0n) is 15.4. The van der Waals surface area contributed by atoms with Gasteiger partial charge in [-0.05, 0) is 37.3 Å². The van der Waals surface area contributed by atoms with Crippen LogP contribution in [0.25, 0.3) is 0 Å². The fourth-order valence-corrected chi connectivity index (χ4v) is 3.00. The highest BCUT2D eigenvalue weighted by Crippen LogP contribution is 2.40. The van der Waals surface area contributed by atoms with Crippen molar-refractivity contribution in [3.8, 4) is 6.07 Å². The van der Waals surface area contributed by atoms with Crippen LogP contribution in [0.5, 0.6) is 0 Å². The molecule has 0 fully saturated rings. The molecule has 3 rings (SSSR count). The quantitative estimate of drug-likeness (QED) is 0.737. The highest BCUT2D eigenvalue weighted by Gasteiger charge is 2.51. The molecule has 0 unspecified atom stereocenters. The molecule has 156 valence electrons. The number of alkyl halides is 3. The fraction of sp³-hybridized carbons (Fsp3) is 0.263. The van der Waals surface area contributed by atoms with Gasteiger partial charge in [-0.1, -0.05) is 0 Å². The van der Waals surface area contributed by atoms with E-state index in [1.165, 1.54) is 24.4 Å². The maximum atomic E-state index is 14.9. The molecule has 2 aromatic rings. The Morgan fingerprint density at radius 2 is 2.10 bits per heavy atom. The lowest BCUT2D eigenvalue weighted by Crippen LogP contribution is -2.52. The lowest BCUT2D eigenvalue weighted by atomic mass is 9.83. The van der Waals surface area contributed by atoms with E-state index in [1.807, 2.05) is 6.07 Å². The molecule has 0 radical (unpaired) electrons. The van der Waals surface area contributed by atoms with Gasteiger partial charge in [0, 0.05) is 17.4 Å². The van der Waals surface area contributed by atoms with Gasteiger partial charge in [-0.2, -0.15) is 5.26 Å². The molecule has 3 N–H and O–H groups in total. The third kappa shape index (κ3) is 3.89. The molecule has 0 saturated carbocycles. The van der Waals surface area contributed by atoms with Crippen molar-refractivity contribution < 1.29 is 27.1 Å². The van der Waals surface area contributed by atoms with Crippen molar-refractivity contribution in [2.75, 3.05) is 5.32 Å². The first kappa shape index (κ1) is 21.0. The Morgan fingerprint density at radius 3 is 2.70 bits per heavy atom. The molecule has 7 nitrogen and oxygen atoms in total. The Kier molecular flexibility index (Phi) is 5.60. The SMILES string of the molecule is C[C@]1(c2cc(NC(=O)c3ccc(C#N)cn3)ccc2F)N=C(N)O[C@H](C(F)F)[C@@H]1F. The number of nitrogens with two attached hydrogens (primary N) is 1. The second-order valence-electron chi connectivity index (χ2n) is 6.61. The molecule has 2 heterocycles. The molecule has 1 aromatic carbocycles. The number of carbonyl (C=O) groups is 1. The number of nitrogens with zero attached hydrogens (tertiary/aromatic N) is 3.